The molecule has 1 aromatic carbocycles. The SMILES string of the molecule is CC(=O)c1ccc(OCCCC(=O)NCc2cccnc2)cc1. The van der Waals surface area contributed by atoms with Gasteiger partial charge in [0.1, 0.15) is 5.75 Å². The standard InChI is InChI=1S/C18H20N2O3/c1-14(21)16-6-8-17(9-7-16)23-11-3-5-18(22)20-13-15-4-2-10-19-12-15/h2,4,6-10,12H,3,5,11,13H2,1H3,(H,20,22). The first-order valence-corrected chi connectivity index (χ1v) is 7.54. The number of benzene rings is 1. The molecule has 1 amide bonds. The minimum Gasteiger partial charge on any atom is -0.494 e. The zero-order valence-corrected chi connectivity index (χ0v) is 13.1. The number of nitrogens with zero attached hydrogens (tertiary/aromatic N) is 1. The van der Waals surface area contributed by atoms with Gasteiger partial charge in [-0.2, -0.15) is 0 Å². The molecule has 0 radical (unpaired) electrons. The number of hydrogen-bond donors (Lipinski definition) is 1. The summed E-state index contributed by atoms with van der Waals surface area (Å²) in [5, 5.41) is 2.85. The van der Waals surface area contributed by atoms with Gasteiger partial charge in [-0.25, -0.2) is 0 Å². The van der Waals surface area contributed by atoms with Crippen molar-refractivity contribution in [2.24, 2.45) is 0 Å². The zero-order valence-electron chi connectivity index (χ0n) is 13.1. The molecule has 1 N–H and O–H groups in total. The highest BCUT2D eigenvalue weighted by molar-refractivity contribution is 5.94. The van der Waals surface area contributed by atoms with E-state index in [2.05, 4.69) is 10.3 Å². The Labute approximate surface area is 135 Å². The number of aromatic nitrogens is 1. The van der Waals surface area contributed by atoms with Gasteiger partial charge < -0.3 is 10.1 Å². The fourth-order valence-electron chi connectivity index (χ4n) is 2.00. The number of pyridine rings is 1. The molecule has 2 rings (SSSR count). The molecular formula is C18H20N2O3. The average molecular weight is 312 g/mol. The minimum absolute atomic E-state index is 0.00983. The molecule has 2 aromatic rings. The topological polar surface area (TPSA) is 68.3 Å². The Balaban J connectivity index is 1.63. The third-order valence-corrected chi connectivity index (χ3v) is 3.29. The molecule has 23 heavy (non-hydrogen) atoms. The number of amides is 1. The fourth-order valence-corrected chi connectivity index (χ4v) is 2.00. The second kappa shape index (κ2) is 8.68. The molecule has 0 fully saturated rings. The van der Waals surface area contributed by atoms with Crippen molar-refractivity contribution in [2.75, 3.05) is 6.61 Å². The zero-order chi connectivity index (χ0) is 16.5. The van der Waals surface area contributed by atoms with E-state index in [0.29, 0.717) is 37.3 Å². The highest BCUT2D eigenvalue weighted by Crippen LogP contribution is 2.13. The first-order valence-electron chi connectivity index (χ1n) is 7.54. The van der Waals surface area contributed by atoms with E-state index in [4.69, 9.17) is 4.74 Å². The maximum absolute atomic E-state index is 11.7. The summed E-state index contributed by atoms with van der Waals surface area (Å²) in [4.78, 5) is 26.9. The largest absolute Gasteiger partial charge is 0.494 e. The van der Waals surface area contributed by atoms with Gasteiger partial charge in [0.25, 0.3) is 0 Å². The molecule has 0 aliphatic rings. The van der Waals surface area contributed by atoms with E-state index >= 15 is 0 Å². The maximum Gasteiger partial charge on any atom is 0.220 e. The summed E-state index contributed by atoms with van der Waals surface area (Å²) in [5.74, 6) is 0.719. The van der Waals surface area contributed by atoms with Gasteiger partial charge in [0.15, 0.2) is 5.78 Å². The van der Waals surface area contributed by atoms with Crippen LogP contribution in [0.5, 0.6) is 5.75 Å². The van der Waals surface area contributed by atoms with E-state index in [1.165, 1.54) is 6.92 Å². The summed E-state index contributed by atoms with van der Waals surface area (Å²) in [6.07, 6.45) is 4.47. The van der Waals surface area contributed by atoms with E-state index in [1.807, 2.05) is 12.1 Å². The first-order chi connectivity index (χ1) is 11.1. The van der Waals surface area contributed by atoms with Crippen LogP contribution in [0.1, 0.15) is 35.7 Å². The Bertz CT molecular complexity index is 639. The molecule has 0 spiro atoms. The number of Topliss-reactive ketones (excluding diaryl/α,β-unsaturated/α-hetero) is 1. The van der Waals surface area contributed by atoms with Crippen LogP contribution in [0.3, 0.4) is 0 Å². The van der Waals surface area contributed by atoms with Crippen LogP contribution in [0.25, 0.3) is 0 Å². The van der Waals surface area contributed by atoms with Gasteiger partial charge in [-0.15, -0.1) is 0 Å². The van der Waals surface area contributed by atoms with Crippen molar-refractivity contribution in [3.05, 3.63) is 59.9 Å². The van der Waals surface area contributed by atoms with Gasteiger partial charge in [-0.1, -0.05) is 6.07 Å². The van der Waals surface area contributed by atoms with E-state index in [9.17, 15) is 9.59 Å². The summed E-state index contributed by atoms with van der Waals surface area (Å²) < 4.78 is 5.55. The van der Waals surface area contributed by atoms with E-state index in [1.54, 1.807) is 36.7 Å². The molecule has 1 aromatic heterocycles. The van der Waals surface area contributed by atoms with Crippen molar-refractivity contribution in [3.63, 3.8) is 0 Å². The van der Waals surface area contributed by atoms with Crippen LogP contribution in [-0.2, 0) is 11.3 Å². The second-order valence-corrected chi connectivity index (χ2v) is 5.17. The lowest BCUT2D eigenvalue weighted by molar-refractivity contribution is -0.121. The van der Waals surface area contributed by atoms with Crippen molar-refractivity contribution in [2.45, 2.75) is 26.3 Å². The number of ketones is 1. The first kappa shape index (κ1) is 16.7. The molecular weight excluding hydrogens is 292 g/mol. The lowest BCUT2D eigenvalue weighted by Gasteiger charge is -2.07. The Kier molecular flexibility index (Phi) is 6.29. The van der Waals surface area contributed by atoms with Crippen LogP contribution >= 0.6 is 0 Å². The number of hydrogen-bond acceptors (Lipinski definition) is 4. The van der Waals surface area contributed by atoms with Crippen molar-refractivity contribution in [1.29, 1.82) is 0 Å². The monoisotopic (exact) mass is 312 g/mol. The van der Waals surface area contributed by atoms with Gasteiger partial charge in [0.2, 0.25) is 5.91 Å². The van der Waals surface area contributed by atoms with Gasteiger partial charge in [0, 0.05) is 30.9 Å². The Hall–Kier alpha value is -2.69. The number of carbonyl (C=O) groups excluding carboxylic acids is 2. The van der Waals surface area contributed by atoms with Crippen molar-refractivity contribution < 1.29 is 14.3 Å². The van der Waals surface area contributed by atoms with Crippen LogP contribution in [0, 0.1) is 0 Å². The van der Waals surface area contributed by atoms with E-state index in [0.717, 1.165) is 5.56 Å². The number of nitrogens with one attached hydrogen (secondary N) is 1. The van der Waals surface area contributed by atoms with Gasteiger partial charge in [-0.3, -0.25) is 14.6 Å². The molecule has 0 unspecified atom stereocenters. The molecule has 0 bridgehead atoms. The van der Waals surface area contributed by atoms with Crippen LogP contribution in [0.4, 0.5) is 0 Å². The molecule has 5 nitrogen and oxygen atoms in total. The average Bonchev–Trinajstić information content (AvgIpc) is 2.58. The Morgan fingerprint density at radius 1 is 1.17 bits per heavy atom. The van der Waals surface area contributed by atoms with Crippen molar-refractivity contribution in [1.82, 2.24) is 10.3 Å². The van der Waals surface area contributed by atoms with Gasteiger partial charge in [0.05, 0.1) is 6.61 Å². The summed E-state index contributed by atoms with van der Waals surface area (Å²) in [6.45, 7) is 2.47. The van der Waals surface area contributed by atoms with Crippen molar-refractivity contribution in [3.8, 4) is 5.75 Å². The minimum atomic E-state index is -0.00983. The third kappa shape index (κ3) is 5.90. The maximum atomic E-state index is 11.7. The van der Waals surface area contributed by atoms with Crippen LogP contribution in [0.15, 0.2) is 48.8 Å². The lowest BCUT2D eigenvalue weighted by atomic mass is 10.1. The van der Waals surface area contributed by atoms with Gasteiger partial charge in [-0.05, 0) is 49.2 Å². The molecule has 0 atom stereocenters. The number of ether oxygens (including phenoxy) is 1. The summed E-state index contributed by atoms with van der Waals surface area (Å²) >= 11 is 0. The number of rotatable bonds is 8. The second-order valence-electron chi connectivity index (χ2n) is 5.17. The Morgan fingerprint density at radius 3 is 2.61 bits per heavy atom. The molecule has 120 valence electrons. The molecule has 0 saturated heterocycles. The number of carbonyl (C=O) groups is 2. The highest BCUT2D eigenvalue weighted by atomic mass is 16.5. The summed E-state index contributed by atoms with van der Waals surface area (Å²) in [7, 11) is 0. The summed E-state index contributed by atoms with van der Waals surface area (Å²) in [5.41, 5.74) is 1.63. The molecule has 0 aliphatic carbocycles. The highest BCUT2D eigenvalue weighted by Gasteiger charge is 2.03. The Morgan fingerprint density at radius 2 is 1.96 bits per heavy atom. The smallest absolute Gasteiger partial charge is 0.220 e. The van der Waals surface area contributed by atoms with Crippen molar-refractivity contribution >= 4 is 11.7 Å². The molecule has 5 heteroatoms. The predicted octanol–water partition coefficient (Wildman–Crippen LogP) is 2.76. The fraction of sp³-hybridized carbons (Fsp3) is 0.278. The van der Waals surface area contributed by atoms with Crippen LogP contribution < -0.4 is 10.1 Å². The molecule has 1 heterocycles. The van der Waals surface area contributed by atoms with Crippen LogP contribution in [0.2, 0.25) is 0 Å². The molecule has 0 saturated carbocycles. The van der Waals surface area contributed by atoms with E-state index < -0.39 is 0 Å². The molecule has 0 aliphatic heterocycles. The third-order valence-electron chi connectivity index (χ3n) is 3.29. The lowest BCUT2D eigenvalue weighted by Crippen LogP contribution is -2.23. The van der Waals surface area contributed by atoms with Crippen LogP contribution in [-0.4, -0.2) is 23.3 Å². The quantitative estimate of drug-likeness (QED) is 0.601. The predicted molar refractivity (Wildman–Crippen MR) is 87.3 cm³/mol. The summed E-state index contributed by atoms with van der Waals surface area (Å²) in [6, 6.07) is 10.8. The van der Waals surface area contributed by atoms with E-state index in [-0.39, 0.29) is 11.7 Å². The normalized spacial score (nSPS) is 10.1. The van der Waals surface area contributed by atoms with Gasteiger partial charge >= 0.3 is 0 Å².